The second-order valence-corrected chi connectivity index (χ2v) is 4.88. The minimum Gasteiger partial charge on any atom is -0.388 e. The number of benzene rings is 2. The summed E-state index contributed by atoms with van der Waals surface area (Å²) < 4.78 is 0. The van der Waals surface area contributed by atoms with Gasteiger partial charge in [0.2, 0.25) is 0 Å². The van der Waals surface area contributed by atoms with E-state index >= 15 is 0 Å². The average molecular weight is 273 g/mol. The molecule has 19 heavy (non-hydrogen) atoms. The van der Waals surface area contributed by atoms with Crippen molar-refractivity contribution >= 4 is 23.5 Å². The van der Waals surface area contributed by atoms with E-state index in [4.69, 9.17) is 11.6 Å². The van der Waals surface area contributed by atoms with Crippen molar-refractivity contribution in [2.24, 2.45) is 4.99 Å². The third-order valence-electron chi connectivity index (χ3n) is 2.87. The first kappa shape index (κ1) is 13.6. The number of halogens is 1. The van der Waals surface area contributed by atoms with Crippen LogP contribution in [0.2, 0.25) is 5.02 Å². The van der Waals surface area contributed by atoms with Crippen molar-refractivity contribution in [3.8, 4) is 0 Å². The van der Waals surface area contributed by atoms with Crippen LogP contribution in [-0.4, -0.2) is 13.3 Å². The molecule has 0 bridgehead atoms. The molecule has 2 nitrogen and oxygen atoms in total. The summed E-state index contributed by atoms with van der Waals surface area (Å²) in [7, 11) is 1.92. The van der Waals surface area contributed by atoms with Gasteiger partial charge in [-0.05, 0) is 36.2 Å². The van der Waals surface area contributed by atoms with Gasteiger partial charge in [-0.15, -0.1) is 0 Å². The maximum Gasteiger partial charge on any atom is 0.0640 e. The highest BCUT2D eigenvalue weighted by atomic mass is 35.5. The van der Waals surface area contributed by atoms with E-state index in [9.17, 15) is 0 Å². The van der Waals surface area contributed by atoms with Crippen LogP contribution < -0.4 is 5.32 Å². The third kappa shape index (κ3) is 3.83. The molecule has 0 saturated carbocycles. The molecule has 0 aliphatic heterocycles. The van der Waals surface area contributed by atoms with Gasteiger partial charge in [0.05, 0.1) is 6.54 Å². The summed E-state index contributed by atoms with van der Waals surface area (Å²) in [5.41, 5.74) is 4.53. The monoisotopic (exact) mass is 272 g/mol. The Morgan fingerprint density at radius 1 is 1.21 bits per heavy atom. The number of rotatable bonds is 4. The Morgan fingerprint density at radius 2 is 2.05 bits per heavy atom. The summed E-state index contributed by atoms with van der Waals surface area (Å²) in [5.74, 6) is 0. The van der Waals surface area contributed by atoms with Crippen LogP contribution in [0.25, 0.3) is 0 Å². The molecule has 0 heterocycles. The van der Waals surface area contributed by atoms with Crippen LogP contribution in [0, 0.1) is 6.92 Å². The predicted molar refractivity (Wildman–Crippen MR) is 83.5 cm³/mol. The van der Waals surface area contributed by atoms with Crippen LogP contribution in [0.15, 0.2) is 47.5 Å². The molecule has 0 radical (unpaired) electrons. The Bertz CT molecular complexity index is 591. The summed E-state index contributed by atoms with van der Waals surface area (Å²) in [6.45, 7) is 2.71. The zero-order chi connectivity index (χ0) is 13.7. The van der Waals surface area contributed by atoms with E-state index in [1.165, 1.54) is 5.56 Å². The standard InChI is InChI=1S/C16H17ClN2/c1-12-6-7-14(16(8-12)18-2)11-19-10-13-4-3-5-15(17)9-13/h3-9,11,18H,10H2,1-2H3. The molecule has 2 aromatic rings. The Kier molecular flexibility index (Phi) is 4.58. The fourth-order valence-electron chi connectivity index (χ4n) is 1.88. The van der Waals surface area contributed by atoms with Crippen molar-refractivity contribution in [2.45, 2.75) is 13.5 Å². The zero-order valence-electron chi connectivity index (χ0n) is 11.2. The second-order valence-electron chi connectivity index (χ2n) is 4.44. The van der Waals surface area contributed by atoms with Gasteiger partial charge in [-0.1, -0.05) is 35.9 Å². The van der Waals surface area contributed by atoms with Crippen LogP contribution in [-0.2, 0) is 6.54 Å². The molecule has 98 valence electrons. The first-order valence-electron chi connectivity index (χ1n) is 6.22. The number of nitrogens with zero attached hydrogens (tertiary/aromatic N) is 1. The molecule has 0 saturated heterocycles. The summed E-state index contributed by atoms with van der Waals surface area (Å²) in [6.07, 6.45) is 1.90. The molecule has 0 fully saturated rings. The normalized spacial score (nSPS) is 10.9. The van der Waals surface area contributed by atoms with Gasteiger partial charge in [-0.2, -0.15) is 0 Å². The second kappa shape index (κ2) is 6.39. The fraction of sp³-hybridized carbons (Fsp3) is 0.188. The molecule has 0 aromatic heterocycles. The highest BCUT2D eigenvalue weighted by Gasteiger charge is 1.98. The van der Waals surface area contributed by atoms with Crippen molar-refractivity contribution in [1.82, 2.24) is 0 Å². The van der Waals surface area contributed by atoms with Gasteiger partial charge in [-0.3, -0.25) is 4.99 Å². The van der Waals surface area contributed by atoms with Crippen LogP contribution >= 0.6 is 11.6 Å². The lowest BCUT2D eigenvalue weighted by Gasteiger charge is -2.06. The number of hydrogen-bond acceptors (Lipinski definition) is 2. The fourth-order valence-corrected chi connectivity index (χ4v) is 2.10. The quantitative estimate of drug-likeness (QED) is 0.824. The first-order valence-corrected chi connectivity index (χ1v) is 6.59. The van der Waals surface area contributed by atoms with Crippen LogP contribution in [0.5, 0.6) is 0 Å². The molecule has 2 aromatic carbocycles. The molecule has 0 aliphatic rings. The molecule has 0 aliphatic carbocycles. The van der Waals surface area contributed by atoms with Gasteiger partial charge < -0.3 is 5.32 Å². The van der Waals surface area contributed by atoms with Gasteiger partial charge in [0, 0.05) is 29.5 Å². The molecular formula is C16H17ClN2. The van der Waals surface area contributed by atoms with E-state index < -0.39 is 0 Å². The predicted octanol–water partition coefficient (Wildman–Crippen LogP) is 4.31. The molecule has 0 spiro atoms. The average Bonchev–Trinajstić information content (AvgIpc) is 2.40. The summed E-state index contributed by atoms with van der Waals surface area (Å²) in [4.78, 5) is 4.47. The number of aryl methyl sites for hydroxylation is 1. The minimum atomic E-state index is 0.636. The van der Waals surface area contributed by atoms with Gasteiger partial charge in [-0.25, -0.2) is 0 Å². The smallest absolute Gasteiger partial charge is 0.0640 e. The summed E-state index contributed by atoms with van der Waals surface area (Å²) in [6, 6.07) is 14.0. The lowest BCUT2D eigenvalue weighted by atomic mass is 10.1. The number of nitrogens with one attached hydrogen (secondary N) is 1. The van der Waals surface area contributed by atoms with E-state index in [-0.39, 0.29) is 0 Å². The summed E-state index contributed by atoms with van der Waals surface area (Å²) in [5, 5.41) is 3.93. The van der Waals surface area contributed by atoms with Crippen molar-refractivity contribution in [3.05, 3.63) is 64.2 Å². The number of hydrogen-bond donors (Lipinski definition) is 1. The Balaban J connectivity index is 2.11. The maximum absolute atomic E-state index is 5.94. The zero-order valence-corrected chi connectivity index (χ0v) is 11.9. The summed E-state index contributed by atoms with van der Waals surface area (Å²) >= 11 is 5.94. The lowest BCUT2D eigenvalue weighted by Crippen LogP contribution is -1.95. The maximum atomic E-state index is 5.94. The van der Waals surface area contributed by atoms with E-state index in [1.807, 2.05) is 37.5 Å². The Labute approximate surface area is 119 Å². The van der Waals surface area contributed by atoms with Crippen molar-refractivity contribution in [3.63, 3.8) is 0 Å². The van der Waals surface area contributed by atoms with Crippen molar-refractivity contribution in [2.75, 3.05) is 12.4 Å². The number of anilines is 1. The van der Waals surface area contributed by atoms with E-state index in [2.05, 4.69) is 35.4 Å². The van der Waals surface area contributed by atoms with Crippen LogP contribution in [0.1, 0.15) is 16.7 Å². The SMILES string of the molecule is CNc1cc(C)ccc1C=NCc1cccc(Cl)c1. The largest absolute Gasteiger partial charge is 0.388 e. The third-order valence-corrected chi connectivity index (χ3v) is 3.11. The molecule has 0 amide bonds. The highest BCUT2D eigenvalue weighted by Crippen LogP contribution is 2.16. The Hall–Kier alpha value is -1.80. The Morgan fingerprint density at radius 3 is 2.79 bits per heavy atom. The molecular weight excluding hydrogens is 256 g/mol. The molecule has 0 atom stereocenters. The van der Waals surface area contributed by atoms with Gasteiger partial charge in [0.15, 0.2) is 0 Å². The van der Waals surface area contributed by atoms with Crippen molar-refractivity contribution < 1.29 is 0 Å². The van der Waals surface area contributed by atoms with Crippen molar-refractivity contribution in [1.29, 1.82) is 0 Å². The van der Waals surface area contributed by atoms with Crippen LogP contribution in [0.4, 0.5) is 5.69 Å². The number of aliphatic imine (C=N–C) groups is 1. The first-order chi connectivity index (χ1) is 9.19. The van der Waals surface area contributed by atoms with E-state index in [0.29, 0.717) is 6.54 Å². The molecule has 2 rings (SSSR count). The van der Waals surface area contributed by atoms with Gasteiger partial charge >= 0.3 is 0 Å². The lowest BCUT2D eigenvalue weighted by molar-refractivity contribution is 1.08. The highest BCUT2D eigenvalue weighted by molar-refractivity contribution is 6.30. The van der Waals surface area contributed by atoms with E-state index in [1.54, 1.807) is 0 Å². The van der Waals surface area contributed by atoms with Gasteiger partial charge in [0.1, 0.15) is 0 Å². The molecule has 1 N–H and O–H groups in total. The van der Waals surface area contributed by atoms with E-state index in [0.717, 1.165) is 21.8 Å². The van der Waals surface area contributed by atoms with Gasteiger partial charge in [0.25, 0.3) is 0 Å². The molecule has 0 unspecified atom stereocenters. The minimum absolute atomic E-state index is 0.636. The topological polar surface area (TPSA) is 24.4 Å². The van der Waals surface area contributed by atoms with Crippen LogP contribution in [0.3, 0.4) is 0 Å². The molecule has 3 heteroatoms.